The predicted octanol–water partition coefficient (Wildman–Crippen LogP) is 1.55. The van der Waals surface area contributed by atoms with E-state index in [1.54, 1.807) is 18.3 Å². The van der Waals surface area contributed by atoms with Gasteiger partial charge in [0.05, 0.1) is 19.0 Å². The summed E-state index contributed by atoms with van der Waals surface area (Å²) in [5, 5.41) is 13.0. The molecule has 2 rings (SSSR count). The zero-order valence-electron chi connectivity index (χ0n) is 9.43. The first kappa shape index (κ1) is 11.6. The summed E-state index contributed by atoms with van der Waals surface area (Å²) in [6, 6.07) is 6.09. The third-order valence-corrected chi connectivity index (χ3v) is 2.42. The Bertz CT molecular complexity index is 511. The highest BCUT2D eigenvalue weighted by atomic mass is 19.1. The van der Waals surface area contributed by atoms with E-state index in [1.165, 1.54) is 23.9 Å². The van der Waals surface area contributed by atoms with Crippen LogP contribution in [0.3, 0.4) is 0 Å². The molecule has 4 nitrogen and oxygen atoms in total. The number of halogens is 1. The van der Waals surface area contributed by atoms with Gasteiger partial charge in [-0.1, -0.05) is 6.07 Å². The van der Waals surface area contributed by atoms with Crippen LogP contribution >= 0.6 is 0 Å². The number of hydrogen-bond acceptors (Lipinski definition) is 3. The minimum Gasteiger partial charge on any atom is -0.481 e. The maximum atomic E-state index is 13.1. The van der Waals surface area contributed by atoms with E-state index in [-0.39, 0.29) is 12.4 Å². The zero-order chi connectivity index (χ0) is 12.3. The van der Waals surface area contributed by atoms with Crippen molar-refractivity contribution in [3.8, 4) is 11.6 Å². The van der Waals surface area contributed by atoms with E-state index in [4.69, 9.17) is 9.84 Å². The van der Waals surface area contributed by atoms with Crippen molar-refractivity contribution in [2.24, 2.45) is 0 Å². The number of aromatic nitrogens is 2. The first-order valence-electron chi connectivity index (χ1n) is 5.24. The number of benzene rings is 1. The molecular formula is C12H13FN2O2. The quantitative estimate of drug-likeness (QED) is 0.876. The first-order valence-corrected chi connectivity index (χ1v) is 5.24. The Balaban J connectivity index is 2.45. The van der Waals surface area contributed by atoms with Crippen LogP contribution in [0, 0.1) is 5.82 Å². The Morgan fingerprint density at radius 3 is 2.94 bits per heavy atom. The SMILES string of the molecule is COc1c(CCO)cnn1-c1cccc(F)c1. The fraction of sp³-hybridized carbons (Fsp3) is 0.250. The summed E-state index contributed by atoms with van der Waals surface area (Å²) < 4.78 is 19.9. The summed E-state index contributed by atoms with van der Waals surface area (Å²) in [7, 11) is 1.52. The third-order valence-electron chi connectivity index (χ3n) is 2.42. The van der Waals surface area contributed by atoms with Crippen molar-refractivity contribution in [1.82, 2.24) is 9.78 Å². The molecule has 0 unspecified atom stereocenters. The van der Waals surface area contributed by atoms with Crippen molar-refractivity contribution in [3.63, 3.8) is 0 Å². The molecule has 5 heteroatoms. The molecule has 0 atom stereocenters. The largest absolute Gasteiger partial charge is 0.481 e. The maximum Gasteiger partial charge on any atom is 0.219 e. The van der Waals surface area contributed by atoms with E-state index in [0.717, 1.165) is 5.56 Å². The van der Waals surface area contributed by atoms with E-state index >= 15 is 0 Å². The number of nitrogens with zero attached hydrogens (tertiary/aromatic N) is 2. The molecule has 1 N–H and O–H groups in total. The third kappa shape index (κ3) is 2.29. The van der Waals surface area contributed by atoms with E-state index in [1.807, 2.05) is 0 Å². The van der Waals surface area contributed by atoms with Crippen molar-refractivity contribution < 1.29 is 14.2 Å². The lowest BCUT2D eigenvalue weighted by Crippen LogP contribution is -2.01. The molecule has 1 aromatic carbocycles. The van der Waals surface area contributed by atoms with Gasteiger partial charge >= 0.3 is 0 Å². The maximum absolute atomic E-state index is 13.1. The molecule has 0 amide bonds. The predicted molar refractivity (Wildman–Crippen MR) is 60.9 cm³/mol. The Morgan fingerprint density at radius 1 is 1.47 bits per heavy atom. The minimum atomic E-state index is -0.330. The van der Waals surface area contributed by atoms with Crippen molar-refractivity contribution in [2.45, 2.75) is 6.42 Å². The van der Waals surface area contributed by atoms with E-state index in [0.29, 0.717) is 18.0 Å². The second kappa shape index (κ2) is 4.97. The summed E-state index contributed by atoms with van der Waals surface area (Å²) in [6.07, 6.45) is 2.07. The van der Waals surface area contributed by atoms with Gasteiger partial charge in [-0.3, -0.25) is 0 Å². The van der Waals surface area contributed by atoms with E-state index in [2.05, 4.69) is 5.10 Å². The van der Waals surface area contributed by atoms with Crippen molar-refractivity contribution in [3.05, 3.63) is 41.8 Å². The molecule has 2 aromatic rings. The number of aliphatic hydroxyl groups excluding tert-OH is 1. The van der Waals surface area contributed by atoms with Crippen LogP contribution in [-0.2, 0) is 6.42 Å². The number of methoxy groups -OCH3 is 1. The van der Waals surface area contributed by atoms with Gasteiger partial charge in [0.2, 0.25) is 5.88 Å². The van der Waals surface area contributed by atoms with Crippen LogP contribution in [0.1, 0.15) is 5.56 Å². The van der Waals surface area contributed by atoms with Crippen LogP contribution in [0.15, 0.2) is 30.5 Å². The molecule has 1 aromatic heterocycles. The smallest absolute Gasteiger partial charge is 0.219 e. The molecule has 0 bridgehead atoms. The van der Waals surface area contributed by atoms with E-state index < -0.39 is 0 Å². The molecule has 0 saturated heterocycles. The second-order valence-electron chi connectivity index (χ2n) is 3.54. The van der Waals surface area contributed by atoms with Gasteiger partial charge in [-0.05, 0) is 18.2 Å². The average Bonchev–Trinajstić information content (AvgIpc) is 2.72. The molecule has 0 aliphatic heterocycles. The molecule has 0 radical (unpaired) electrons. The van der Waals surface area contributed by atoms with Gasteiger partial charge in [-0.15, -0.1) is 0 Å². The fourth-order valence-electron chi connectivity index (χ4n) is 1.67. The topological polar surface area (TPSA) is 47.3 Å². The zero-order valence-corrected chi connectivity index (χ0v) is 9.43. The van der Waals surface area contributed by atoms with Crippen LogP contribution in [0.25, 0.3) is 5.69 Å². The molecule has 0 aliphatic rings. The molecule has 1 heterocycles. The average molecular weight is 236 g/mol. The van der Waals surface area contributed by atoms with Crippen molar-refractivity contribution in [2.75, 3.05) is 13.7 Å². The molecule has 0 saturated carbocycles. The highest BCUT2D eigenvalue weighted by Crippen LogP contribution is 2.22. The summed E-state index contributed by atoms with van der Waals surface area (Å²) in [4.78, 5) is 0. The normalized spacial score (nSPS) is 10.5. The van der Waals surface area contributed by atoms with Gasteiger partial charge in [-0.2, -0.15) is 5.10 Å². The second-order valence-corrected chi connectivity index (χ2v) is 3.54. The molecule has 0 aliphatic carbocycles. The van der Waals surface area contributed by atoms with Gasteiger partial charge in [0.1, 0.15) is 5.82 Å². The lowest BCUT2D eigenvalue weighted by Gasteiger charge is -2.07. The van der Waals surface area contributed by atoms with Crippen LogP contribution in [0.5, 0.6) is 5.88 Å². The Morgan fingerprint density at radius 2 is 2.29 bits per heavy atom. The molecule has 90 valence electrons. The van der Waals surface area contributed by atoms with Crippen molar-refractivity contribution >= 4 is 0 Å². The Hall–Kier alpha value is -1.88. The molecular weight excluding hydrogens is 223 g/mol. The fourth-order valence-corrected chi connectivity index (χ4v) is 1.67. The lowest BCUT2D eigenvalue weighted by atomic mass is 10.2. The van der Waals surface area contributed by atoms with Gasteiger partial charge in [0.25, 0.3) is 0 Å². The standard InChI is InChI=1S/C12H13FN2O2/c1-17-12-9(5-6-16)8-14-15(12)11-4-2-3-10(13)7-11/h2-4,7-8,16H,5-6H2,1H3. The Labute approximate surface area is 98.3 Å². The van der Waals surface area contributed by atoms with Gasteiger partial charge in [0, 0.05) is 18.6 Å². The van der Waals surface area contributed by atoms with Crippen molar-refractivity contribution in [1.29, 1.82) is 0 Å². The highest BCUT2D eigenvalue weighted by molar-refractivity contribution is 5.38. The van der Waals surface area contributed by atoms with E-state index in [9.17, 15) is 4.39 Å². The first-order chi connectivity index (χ1) is 8.26. The number of hydrogen-bond donors (Lipinski definition) is 1. The summed E-state index contributed by atoms with van der Waals surface area (Å²) in [5.74, 6) is 0.188. The van der Waals surface area contributed by atoms with Crippen LogP contribution in [0.4, 0.5) is 4.39 Å². The number of rotatable bonds is 4. The number of aliphatic hydroxyl groups is 1. The molecule has 0 spiro atoms. The highest BCUT2D eigenvalue weighted by Gasteiger charge is 2.12. The van der Waals surface area contributed by atoms with Crippen LogP contribution in [0.2, 0.25) is 0 Å². The Kier molecular flexibility index (Phi) is 3.39. The summed E-state index contributed by atoms with van der Waals surface area (Å²) in [6.45, 7) is 0.0191. The monoisotopic (exact) mass is 236 g/mol. The number of ether oxygens (including phenoxy) is 1. The van der Waals surface area contributed by atoms with Gasteiger partial charge < -0.3 is 9.84 Å². The van der Waals surface area contributed by atoms with Crippen LogP contribution in [-0.4, -0.2) is 28.6 Å². The van der Waals surface area contributed by atoms with Gasteiger partial charge in [-0.25, -0.2) is 9.07 Å². The molecule has 0 fully saturated rings. The van der Waals surface area contributed by atoms with Crippen LogP contribution < -0.4 is 4.74 Å². The molecule has 17 heavy (non-hydrogen) atoms. The summed E-state index contributed by atoms with van der Waals surface area (Å²) >= 11 is 0. The van der Waals surface area contributed by atoms with Gasteiger partial charge in [0.15, 0.2) is 0 Å². The minimum absolute atomic E-state index is 0.0191. The lowest BCUT2D eigenvalue weighted by molar-refractivity contribution is 0.296. The summed E-state index contributed by atoms with van der Waals surface area (Å²) in [5.41, 5.74) is 1.38.